The number of aromatic nitrogens is 5. The minimum absolute atomic E-state index is 0.0926. The van der Waals surface area contributed by atoms with Crippen molar-refractivity contribution in [1.29, 1.82) is 0 Å². The van der Waals surface area contributed by atoms with Crippen LogP contribution in [0.2, 0.25) is 0 Å². The van der Waals surface area contributed by atoms with E-state index in [1.54, 1.807) is 30.3 Å². The lowest BCUT2D eigenvalue weighted by Gasteiger charge is -2.07. The first-order valence-electron chi connectivity index (χ1n) is 10.7. The third kappa shape index (κ3) is 6.45. The molecule has 3 heterocycles. The molecule has 0 amide bonds. The fraction of sp³-hybridized carbons (Fsp3) is 0.174. The highest BCUT2D eigenvalue weighted by Crippen LogP contribution is 2.23. The second-order valence-electron chi connectivity index (χ2n) is 7.55. The first-order valence-corrected chi connectivity index (χ1v) is 10.7. The zero-order chi connectivity index (χ0) is 26.4. The molecule has 0 bridgehead atoms. The summed E-state index contributed by atoms with van der Waals surface area (Å²) in [6, 6.07) is 11.0. The Balaban J connectivity index is 1.46. The quantitative estimate of drug-likeness (QED) is 0.279. The average Bonchev–Trinajstić information content (AvgIpc) is 3.29. The van der Waals surface area contributed by atoms with Crippen LogP contribution in [0, 0.1) is 0 Å². The van der Waals surface area contributed by atoms with Gasteiger partial charge in [0.05, 0.1) is 0 Å². The SMILES string of the molecule is O=C(Cn1ccc(=O)[nH]c1=O)OCc1nc(-c2ccccc2)oc1COC(=O)Cn1ccc(=O)[nH]c1=O. The van der Waals surface area contributed by atoms with Crippen molar-refractivity contribution in [3.05, 3.63) is 108 Å². The van der Waals surface area contributed by atoms with Gasteiger partial charge < -0.3 is 13.9 Å². The highest BCUT2D eigenvalue weighted by Gasteiger charge is 2.19. The van der Waals surface area contributed by atoms with Crippen LogP contribution in [0.5, 0.6) is 0 Å². The Kier molecular flexibility index (Phi) is 7.37. The summed E-state index contributed by atoms with van der Waals surface area (Å²) in [5.41, 5.74) is -1.97. The fourth-order valence-corrected chi connectivity index (χ4v) is 3.11. The number of hydrogen-bond acceptors (Lipinski definition) is 10. The van der Waals surface area contributed by atoms with Crippen molar-refractivity contribution in [2.24, 2.45) is 0 Å². The van der Waals surface area contributed by atoms with Gasteiger partial charge in [-0.3, -0.25) is 38.3 Å². The molecule has 2 N–H and O–H groups in total. The van der Waals surface area contributed by atoms with E-state index in [9.17, 15) is 28.8 Å². The monoisotopic (exact) mass is 509 g/mol. The molecule has 0 radical (unpaired) electrons. The zero-order valence-electron chi connectivity index (χ0n) is 19.0. The Morgan fingerprint density at radius 2 is 1.32 bits per heavy atom. The van der Waals surface area contributed by atoms with Crippen molar-refractivity contribution in [3.8, 4) is 11.5 Å². The fourth-order valence-electron chi connectivity index (χ4n) is 3.11. The Hall–Kier alpha value is -5.27. The molecule has 0 aliphatic heterocycles. The van der Waals surface area contributed by atoms with E-state index in [0.717, 1.165) is 33.7 Å². The molecule has 14 heteroatoms. The van der Waals surface area contributed by atoms with Gasteiger partial charge in [-0.15, -0.1) is 0 Å². The number of carbonyl (C=O) groups is 2. The standard InChI is InChI=1S/C23H19N5O9/c29-17-6-8-27(22(33)25-17)10-19(31)35-12-15-16(37-21(24-15)14-4-2-1-3-5-14)13-36-20(32)11-28-9-7-18(30)26-23(28)34/h1-9H,10-13H2,(H,25,29,33)(H,26,30,34). The van der Waals surface area contributed by atoms with Gasteiger partial charge in [0.2, 0.25) is 5.89 Å². The van der Waals surface area contributed by atoms with Crippen LogP contribution >= 0.6 is 0 Å². The normalized spacial score (nSPS) is 10.7. The van der Waals surface area contributed by atoms with Gasteiger partial charge in [0, 0.05) is 30.1 Å². The molecule has 4 rings (SSSR count). The summed E-state index contributed by atoms with van der Waals surface area (Å²) in [5, 5.41) is 0. The van der Waals surface area contributed by atoms with Crippen LogP contribution < -0.4 is 22.5 Å². The maximum Gasteiger partial charge on any atom is 0.328 e. The van der Waals surface area contributed by atoms with E-state index < -0.39 is 47.5 Å². The van der Waals surface area contributed by atoms with Crippen LogP contribution in [-0.2, 0) is 45.4 Å². The van der Waals surface area contributed by atoms with Gasteiger partial charge in [0.15, 0.2) is 12.4 Å². The van der Waals surface area contributed by atoms with Crippen LogP contribution in [0.3, 0.4) is 0 Å². The maximum absolute atomic E-state index is 12.3. The van der Waals surface area contributed by atoms with Crippen LogP contribution in [-0.4, -0.2) is 36.0 Å². The van der Waals surface area contributed by atoms with Crippen molar-refractivity contribution in [2.45, 2.75) is 26.3 Å². The van der Waals surface area contributed by atoms with Gasteiger partial charge in [-0.2, -0.15) is 0 Å². The van der Waals surface area contributed by atoms with Crippen molar-refractivity contribution in [2.75, 3.05) is 0 Å². The minimum Gasteiger partial charge on any atom is -0.458 e. The Labute approximate surface area is 205 Å². The second-order valence-corrected chi connectivity index (χ2v) is 7.55. The lowest BCUT2D eigenvalue weighted by atomic mass is 10.2. The molecule has 190 valence electrons. The summed E-state index contributed by atoms with van der Waals surface area (Å²) in [5.74, 6) is -1.31. The van der Waals surface area contributed by atoms with Gasteiger partial charge in [-0.1, -0.05) is 18.2 Å². The summed E-state index contributed by atoms with van der Waals surface area (Å²) in [7, 11) is 0. The maximum atomic E-state index is 12.3. The van der Waals surface area contributed by atoms with E-state index in [1.807, 2.05) is 9.97 Å². The van der Waals surface area contributed by atoms with Crippen molar-refractivity contribution in [1.82, 2.24) is 24.1 Å². The number of nitrogens with zero attached hydrogens (tertiary/aromatic N) is 3. The van der Waals surface area contributed by atoms with Gasteiger partial charge in [0.25, 0.3) is 11.1 Å². The summed E-state index contributed by atoms with van der Waals surface area (Å²) in [4.78, 5) is 78.8. The highest BCUT2D eigenvalue weighted by molar-refractivity contribution is 5.69. The van der Waals surface area contributed by atoms with E-state index in [2.05, 4.69) is 4.98 Å². The van der Waals surface area contributed by atoms with E-state index in [4.69, 9.17) is 13.9 Å². The van der Waals surface area contributed by atoms with Crippen LogP contribution in [0.4, 0.5) is 0 Å². The second kappa shape index (κ2) is 11.0. The number of rotatable bonds is 9. The van der Waals surface area contributed by atoms with Gasteiger partial charge >= 0.3 is 23.3 Å². The van der Waals surface area contributed by atoms with E-state index >= 15 is 0 Å². The number of H-pyrrole nitrogens is 2. The third-order valence-electron chi connectivity index (χ3n) is 4.93. The van der Waals surface area contributed by atoms with E-state index in [-0.39, 0.29) is 30.6 Å². The molecule has 0 atom stereocenters. The Morgan fingerprint density at radius 1 is 0.784 bits per heavy atom. The molecular weight excluding hydrogens is 490 g/mol. The first-order chi connectivity index (χ1) is 17.8. The summed E-state index contributed by atoms with van der Waals surface area (Å²) in [6.07, 6.45) is 2.31. The molecule has 3 aromatic heterocycles. The molecule has 0 aliphatic carbocycles. The number of carbonyl (C=O) groups excluding carboxylic acids is 2. The molecule has 14 nitrogen and oxygen atoms in total. The summed E-state index contributed by atoms with van der Waals surface area (Å²) >= 11 is 0. The smallest absolute Gasteiger partial charge is 0.328 e. The van der Waals surface area contributed by atoms with Gasteiger partial charge in [-0.25, -0.2) is 14.6 Å². The van der Waals surface area contributed by atoms with Gasteiger partial charge in [0.1, 0.15) is 25.4 Å². The van der Waals surface area contributed by atoms with Crippen molar-refractivity contribution >= 4 is 11.9 Å². The lowest BCUT2D eigenvalue weighted by Crippen LogP contribution is -2.31. The Bertz CT molecular complexity index is 1560. The predicted octanol–water partition coefficient (Wildman–Crippen LogP) is -0.472. The van der Waals surface area contributed by atoms with Crippen LogP contribution in [0.1, 0.15) is 11.5 Å². The topological polar surface area (TPSA) is 188 Å². The molecule has 4 aromatic rings. The molecule has 0 spiro atoms. The highest BCUT2D eigenvalue weighted by atomic mass is 16.5. The number of oxazole rings is 1. The lowest BCUT2D eigenvalue weighted by molar-refractivity contribution is -0.147. The molecular formula is C23H19N5O9. The van der Waals surface area contributed by atoms with Crippen molar-refractivity contribution < 1.29 is 23.5 Å². The number of nitrogens with one attached hydrogen (secondary N) is 2. The van der Waals surface area contributed by atoms with Crippen LogP contribution in [0.15, 0.2) is 78.5 Å². The summed E-state index contributed by atoms with van der Waals surface area (Å²) in [6.45, 7) is -1.67. The third-order valence-corrected chi connectivity index (χ3v) is 4.93. The number of aromatic amines is 2. The van der Waals surface area contributed by atoms with Crippen LogP contribution in [0.25, 0.3) is 11.5 Å². The largest absolute Gasteiger partial charge is 0.458 e. The average molecular weight is 509 g/mol. The predicted molar refractivity (Wildman–Crippen MR) is 124 cm³/mol. The molecule has 0 saturated carbocycles. The van der Waals surface area contributed by atoms with Gasteiger partial charge in [-0.05, 0) is 12.1 Å². The van der Waals surface area contributed by atoms with E-state index in [0.29, 0.717) is 5.56 Å². The molecule has 0 saturated heterocycles. The number of benzene rings is 1. The molecule has 0 aliphatic rings. The number of esters is 2. The molecule has 0 fully saturated rings. The number of hydrogen-bond donors (Lipinski definition) is 2. The molecule has 37 heavy (non-hydrogen) atoms. The first kappa shape index (κ1) is 24.8. The van der Waals surface area contributed by atoms with E-state index in [1.165, 1.54) is 0 Å². The number of ether oxygens (including phenoxy) is 2. The van der Waals surface area contributed by atoms with Crippen molar-refractivity contribution in [3.63, 3.8) is 0 Å². The summed E-state index contributed by atoms with van der Waals surface area (Å²) < 4.78 is 18.1. The Morgan fingerprint density at radius 3 is 1.86 bits per heavy atom. The molecule has 0 unspecified atom stereocenters. The molecule has 1 aromatic carbocycles. The minimum atomic E-state index is -0.799. The zero-order valence-corrected chi connectivity index (χ0v) is 19.0.